The van der Waals surface area contributed by atoms with Crippen LogP contribution < -0.4 is 4.90 Å². The number of fused-ring (bicyclic) bond motifs is 1. The number of aromatic nitrogens is 3. The molecule has 1 N–H and O–H groups in total. The van der Waals surface area contributed by atoms with Crippen molar-refractivity contribution in [2.45, 2.75) is 25.4 Å². The minimum atomic E-state index is 0.235. The zero-order valence-electron chi connectivity index (χ0n) is 11.0. The van der Waals surface area contributed by atoms with Crippen LogP contribution in [-0.4, -0.2) is 41.8 Å². The van der Waals surface area contributed by atoms with Crippen molar-refractivity contribution in [1.29, 1.82) is 0 Å². The summed E-state index contributed by atoms with van der Waals surface area (Å²) in [4.78, 5) is 14.5. The summed E-state index contributed by atoms with van der Waals surface area (Å²) in [7, 11) is 3.96. The summed E-state index contributed by atoms with van der Waals surface area (Å²) in [6.45, 7) is 2.92. The number of ether oxygens (including phenoxy) is 1. The lowest BCUT2D eigenvalue weighted by atomic mass is 10.0. The monoisotopic (exact) mass is 246 g/mol. The first-order valence-corrected chi connectivity index (χ1v) is 6.31. The Kier molecular flexibility index (Phi) is 2.70. The lowest BCUT2D eigenvalue weighted by molar-refractivity contribution is 0.117. The molecule has 0 bridgehead atoms. The van der Waals surface area contributed by atoms with Crippen LogP contribution in [0.25, 0.3) is 11.2 Å². The van der Waals surface area contributed by atoms with Crippen LogP contribution in [0.15, 0.2) is 12.1 Å². The molecule has 1 aliphatic heterocycles. The van der Waals surface area contributed by atoms with E-state index in [2.05, 4.69) is 21.9 Å². The fourth-order valence-corrected chi connectivity index (χ4v) is 2.42. The van der Waals surface area contributed by atoms with Gasteiger partial charge in [-0.1, -0.05) is 0 Å². The van der Waals surface area contributed by atoms with Crippen LogP contribution in [-0.2, 0) is 4.74 Å². The molecule has 5 heteroatoms. The van der Waals surface area contributed by atoms with Gasteiger partial charge in [-0.15, -0.1) is 0 Å². The van der Waals surface area contributed by atoms with Gasteiger partial charge in [-0.05, 0) is 25.5 Å². The molecule has 2 aromatic heterocycles. The molecule has 2 unspecified atom stereocenters. The third-order valence-corrected chi connectivity index (χ3v) is 3.54. The topological polar surface area (TPSA) is 54.0 Å². The number of nitrogens with zero attached hydrogens (tertiary/aromatic N) is 3. The highest BCUT2D eigenvalue weighted by atomic mass is 16.5. The number of rotatable bonds is 2. The molecule has 5 nitrogen and oxygen atoms in total. The van der Waals surface area contributed by atoms with Crippen molar-refractivity contribution in [1.82, 2.24) is 15.0 Å². The van der Waals surface area contributed by atoms with E-state index in [0.29, 0.717) is 5.92 Å². The zero-order chi connectivity index (χ0) is 12.7. The second-order valence-electron chi connectivity index (χ2n) is 5.03. The minimum Gasteiger partial charge on any atom is -0.378 e. The van der Waals surface area contributed by atoms with Crippen LogP contribution >= 0.6 is 0 Å². The minimum absolute atomic E-state index is 0.235. The van der Waals surface area contributed by atoms with E-state index in [1.54, 1.807) is 0 Å². The van der Waals surface area contributed by atoms with Crippen LogP contribution in [0.4, 0.5) is 5.82 Å². The average Bonchev–Trinajstić information content (AvgIpc) is 2.92. The number of nitrogens with one attached hydrogen (secondary N) is 1. The Labute approximate surface area is 106 Å². The Morgan fingerprint density at radius 1 is 1.33 bits per heavy atom. The highest BCUT2D eigenvalue weighted by molar-refractivity contribution is 5.73. The van der Waals surface area contributed by atoms with Crippen molar-refractivity contribution in [3.63, 3.8) is 0 Å². The standard InChI is InChI=1S/C13H18N4O/c1-8-9(6-7-18-8)12-14-10-4-5-11(17(2)3)15-13(10)16-12/h4-5,8-9H,6-7H2,1-3H3,(H,14,15,16). The number of hydrogen-bond acceptors (Lipinski definition) is 4. The Morgan fingerprint density at radius 2 is 2.17 bits per heavy atom. The Hall–Kier alpha value is -1.62. The molecule has 1 fully saturated rings. The first-order chi connectivity index (χ1) is 8.65. The third-order valence-electron chi connectivity index (χ3n) is 3.54. The maximum Gasteiger partial charge on any atom is 0.179 e. The molecular formula is C13H18N4O. The average molecular weight is 246 g/mol. The molecule has 18 heavy (non-hydrogen) atoms. The summed E-state index contributed by atoms with van der Waals surface area (Å²) in [6.07, 6.45) is 1.26. The molecule has 1 aliphatic rings. The van der Waals surface area contributed by atoms with Crippen molar-refractivity contribution in [3.05, 3.63) is 18.0 Å². The lowest BCUT2D eigenvalue weighted by Crippen LogP contribution is -2.10. The van der Waals surface area contributed by atoms with Crippen LogP contribution in [0.5, 0.6) is 0 Å². The molecular weight excluding hydrogens is 228 g/mol. The molecule has 0 radical (unpaired) electrons. The summed E-state index contributed by atoms with van der Waals surface area (Å²) in [5, 5.41) is 0. The second kappa shape index (κ2) is 4.24. The summed E-state index contributed by atoms with van der Waals surface area (Å²) in [5.41, 5.74) is 1.78. The van der Waals surface area contributed by atoms with Crippen LogP contribution in [0.2, 0.25) is 0 Å². The number of hydrogen-bond donors (Lipinski definition) is 1. The molecule has 0 saturated carbocycles. The maximum atomic E-state index is 5.59. The summed E-state index contributed by atoms with van der Waals surface area (Å²) in [6, 6.07) is 4.04. The van der Waals surface area contributed by atoms with E-state index in [4.69, 9.17) is 4.74 Å². The highest BCUT2D eigenvalue weighted by Crippen LogP contribution is 2.30. The smallest absolute Gasteiger partial charge is 0.179 e. The Bertz CT molecular complexity index is 563. The predicted molar refractivity (Wildman–Crippen MR) is 71.0 cm³/mol. The van der Waals surface area contributed by atoms with Gasteiger partial charge in [-0.3, -0.25) is 0 Å². The molecule has 3 rings (SSSR count). The number of H-pyrrole nitrogens is 1. The van der Waals surface area contributed by atoms with Crippen molar-refractivity contribution in [2.75, 3.05) is 25.6 Å². The first-order valence-electron chi connectivity index (χ1n) is 6.31. The fraction of sp³-hybridized carbons (Fsp3) is 0.538. The van der Waals surface area contributed by atoms with Crippen molar-refractivity contribution >= 4 is 17.0 Å². The van der Waals surface area contributed by atoms with Gasteiger partial charge in [-0.2, -0.15) is 0 Å². The zero-order valence-corrected chi connectivity index (χ0v) is 11.0. The Balaban J connectivity index is 2.00. The second-order valence-corrected chi connectivity index (χ2v) is 5.03. The van der Waals surface area contributed by atoms with Crippen molar-refractivity contribution < 1.29 is 4.74 Å². The van der Waals surface area contributed by atoms with E-state index < -0.39 is 0 Å². The van der Waals surface area contributed by atoms with Gasteiger partial charge in [0.1, 0.15) is 11.6 Å². The quantitative estimate of drug-likeness (QED) is 0.879. The molecule has 0 amide bonds. The van der Waals surface area contributed by atoms with E-state index in [-0.39, 0.29) is 6.10 Å². The van der Waals surface area contributed by atoms with Gasteiger partial charge in [0.05, 0.1) is 11.6 Å². The molecule has 0 aliphatic carbocycles. The molecule has 0 aromatic carbocycles. The molecule has 0 spiro atoms. The summed E-state index contributed by atoms with van der Waals surface area (Å²) in [5.74, 6) is 2.29. The van der Waals surface area contributed by atoms with Gasteiger partial charge in [0.25, 0.3) is 0 Å². The van der Waals surface area contributed by atoms with E-state index in [1.165, 1.54) is 0 Å². The fourth-order valence-electron chi connectivity index (χ4n) is 2.42. The summed E-state index contributed by atoms with van der Waals surface area (Å²) >= 11 is 0. The first kappa shape index (κ1) is 11.5. The highest BCUT2D eigenvalue weighted by Gasteiger charge is 2.28. The largest absolute Gasteiger partial charge is 0.378 e. The summed E-state index contributed by atoms with van der Waals surface area (Å²) < 4.78 is 5.59. The van der Waals surface area contributed by atoms with E-state index in [9.17, 15) is 0 Å². The van der Waals surface area contributed by atoms with Gasteiger partial charge < -0.3 is 14.6 Å². The number of anilines is 1. The SMILES string of the molecule is CC1OCCC1c1nc2nc(N(C)C)ccc2[nH]1. The number of aromatic amines is 1. The number of pyridine rings is 1. The van der Waals surface area contributed by atoms with Gasteiger partial charge in [0, 0.05) is 26.6 Å². The van der Waals surface area contributed by atoms with E-state index in [0.717, 1.165) is 35.8 Å². The molecule has 3 heterocycles. The van der Waals surface area contributed by atoms with Gasteiger partial charge >= 0.3 is 0 Å². The predicted octanol–water partition coefficient (Wildman–Crippen LogP) is 1.92. The van der Waals surface area contributed by atoms with Crippen molar-refractivity contribution in [2.24, 2.45) is 0 Å². The van der Waals surface area contributed by atoms with Crippen LogP contribution in [0.3, 0.4) is 0 Å². The number of imidazole rings is 1. The normalized spacial score (nSPS) is 23.7. The molecule has 96 valence electrons. The molecule has 1 saturated heterocycles. The van der Waals surface area contributed by atoms with E-state index >= 15 is 0 Å². The lowest BCUT2D eigenvalue weighted by Gasteiger charge is -2.09. The Morgan fingerprint density at radius 3 is 2.83 bits per heavy atom. The third kappa shape index (κ3) is 1.84. The van der Waals surface area contributed by atoms with Crippen LogP contribution in [0, 0.1) is 0 Å². The van der Waals surface area contributed by atoms with Gasteiger partial charge in [0.15, 0.2) is 5.65 Å². The van der Waals surface area contributed by atoms with E-state index in [1.807, 2.05) is 31.1 Å². The molecule has 2 atom stereocenters. The van der Waals surface area contributed by atoms with Crippen LogP contribution in [0.1, 0.15) is 25.1 Å². The van der Waals surface area contributed by atoms with Gasteiger partial charge in [0.2, 0.25) is 0 Å². The maximum absolute atomic E-state index is 5.59. The molecule has 2 aromatic rings. The van der Waals surface area contributed by atoms with Crippen molar-refractivity contribution in [3.8, 4) is 0 Å². The van der Waals surface area contributed by atoms with Gasteiger partial charge in [-0.25, -0.2) is 9.97 Å².